The second-order valence-electron chi connectivity index (χ2n) is 4.59. The van der Waals surface area contributed by atoms with Crippen LogP contribution in [0.5, 0.6) is 0 Å². The number of imide groups is 1. The summed E-state index contributed by atoms with van der Waals surface area (Å²) in [6.07, 6.45) is 0.643. The molecule has 1 atom stereocenters. The summed E-state index contributed by atoms with van der Waals surface area (Å²) in [5.41, 5.74) is 4.73. The van der Waals surface area contributed by atoms with Gasteiger partial charge in [0.15, 0.2) is 0 Å². The van der Waals surface area contributed by atoms with Gasteiger partial charge in [-0.2, -0.15) is 0 Å². The molecule has 0 spiro atoms. The predicted molar refractivity (Wildman–Crippen MR) is 60.7 cm³/mol. The van der Waals surface area contributed by atoms with Crippen molar-refractivity contribution in [3.63, 3.8) is 0 Å². The molecule has 5 N–H and O–H groups in total. The molecule has 0 aromatic heterocycles. The van der Waals surface area contributed by atoms with Gasteiger partial charge < -0.3 is 16.2 Å². The van der Waals surface area contributed by atoms with E-state index in [9.17, 15) is 9.59 Å². The van der Waals surface area contributed by atoms with Gasteiger partial charge in [0, 0.05) is 13.2 Å². The molecular formula is C10H21N3O3. The lowest BCUT2D eigenvalue weighted by molar-refractivity contribution is -0.121. The molecule has 6 heteroatoms. The normalized spacial score (nSPS) is 13.2. The summed E-state index contributed by atoms with van der Waals surface area (Å²) >= 11 is 0. The fraction of sp³-hybridized carbons (Fsp3) is 0.800. The number of aliphatic hydroxyl groups is 1. The van der Waals surface area contributed by atoms with E-state index in [-0.39, 0.29) is 12.0 Å². The highest BCUT2D eigenvalue weighted by atomic mass is 16.3. The lowest BCUT2D eigenvalue weighted by atomic mass is 9.89. The van der Waals surface area contributed by atoms with E-state index in [1.54, 1.807) is 6.92 Å². The Balaban J connectivity index is 4.01. The second-order valence-corrected chi connectivity index (χ2v) is 4.59. The molecule has 0 rings (SSSR count). The third-order valence-corrected chi connectivity index (χ3v) is 2.32. The molecule has 0 fully saturated rings. The summed E-state index contributed by atoms with van der Waals surface area (Å²) in [5.74, 6) is -0.452. The predicted octanol–water partition coefficient (Wildman–Crippen LogP) is -0.432. The second kappa shape index (κ2) is 6.44. The van der Waals surface area contributed by atoms with Crippen LogP contribution in [-0.4, -0.2) is 36.2 Å². The summed E-state index contributed by atoms with van der Waals surface area (Å²) in [5, 5.41) is 13.8. The van der Waals surface area contributed by atoms with Crippen LogP contribution in [-0.2, 0) is 4.79 Å². The van der Waals surface area contributed by atoms with E-state index < -0.39 is 18.0 Å². The zero-order chi connectivity index (χ0) is 12.8. The van der Waals surface area contributed by atoms with Crippen molar-refractivity contribution >= 4 is 11.9 Å². The van der Waals surface area contributed by atoms with Gasteiger partial charge in [-0.15, -0.1) is 0 Å². The van der Waals surface area contributed by atoms with Crippen LogP contribution in [0.4, 0.5) is 4.79 Å². The molecule has 3 amide bonds. The lowest BCUT2D eigenvalue weighted by Crippen LogP contribution is -2.48. The van der Waals surface area contributed by atoms with Gasteiger partial charge in [-0.3, -0.25) is 10.1 Å². The molecule has 0 saturated carbocycles. The van der Waals surface area contributed by atoms with E-state index in [0.29, 0.717) is 13.0 Å². The third kappa shape index (κ3) is 6.36. The van der Waals surface area contributed by atoms with E-state index >= 15 is 0 Å². The molecule has 0 radical (unpaired) electrons. The first-order valence-electron chi connectivity index (χ1n) is 5.23. The van der Waals surface area contributed by atoms with Crippen molar-refractivity contribution in [3.05, 3.63) is 0 Å². The first kappa shape index (κ1) is 14.9. The molecule has 0 aliphatic rings. The Hall–Kier alpha value is -1.14. The van der Waals surface area contributed by atoms with Crippen LogP contribution in [0, 0.1) is 5.41 Å². The van der Waals surface area contributed by atoms with Crippen LogP contribution in [0.15, 0.2) is 0 Å². The summed E-state index contributed by atoms with van der Waals surface area (Å²) in [4.78, 5) is 21.8. The summed E-state index contributed by atoms with van der Waals surface area (Å²) in [6.45, 7) is 6.29. The average molecular weight is 231 g/mol. The molecule has 0 aliphatic carbocycles. The Bertz CT molecular complexity index is 254. The highest BCUT2D eigenvalue weighted by Crippen LogP contribution is 2.18. The number of rotatable bonds is 6. The van der Waals surface area contributed by atoms with Gasteiger partial charge in [0.1, 0.15) is 0 Å². The molecule has 1 unspecified atom stereocenters. The molecular weight excluding hydrogens is 210 g/mol. The molecule has 0 saturated heterocycles. The molecule has 0 aromatic rings. The van der Waals surface area contributed by atoms with Crippen molar-refractivity contribution in [2.75, 3.05) is 13.2 Å². The number of primary amides is 1. The maximum atomic E-state index is 11.3. The summed E-state index contributed by atoms with van der Waals surface area (Å²) < 4.78 is 0. The standard InChI is InChI=1S/C10H21N3O3/c1-7(8(15)13-9(11)16)12-6-10(2,3)4-5-14/h7,12,14H,4-6H2,1-3H3,(H3,11,13,15,16). The van der Waals surface area contributed by atoms with E-state index in [1.165, 1.54) is 0 Å². The highest BCUT2D eigenvalue weighted by molar-refractivity contribution is 5.96. The van der Waals surface area contributed by atoms with Crippen LogP contribution in [0.3, 0.4) is 0 Å². The molecule has 0 heterocycles. The molecule has 16 heavy (non-hydrogen) atoms. The topological polar surface area (TPSA) is 104 Å². The number of nitrogens with two attached hydrogens (primary N) is 1. The SMILES string of the molecule is CC(NCC(C)(C)CCO)C(=O)NC(N)=O. The summed E-state index contributed by atoms with van der Waals surface area (Å²) in [6, 6.07) is -1.35. The van der Waals surface area contributed by atoms with Gasteiger partial charge in [-0.1, -0.05) is 13.8 Å². The van der Waals surface area contributed by atoms with E-state index in [4.69, 9.17) is 10.8 Å². The van der Waals surface area contributed by atoms with Crippen molar-refractivity contribution < 1.29 is 14.7 Å². The Morgan fingerprint density at radius 2 is 2.00 bits per heavy atom. The number of hydrogen-bond acceptors (Lipinski definition) is 4. The number of amides is 3. The minimum atomic E-state index is -0.853. The third-order valence-electron chi connectivity index (χ3n) is 2.32. The van der Waals surface area contributed by atoms with E-state index in [2.05, 4.69) is 5.32 Å². The van der Waals surface area contributed by atoms with Crippen LogP contribution in [0.1, 0.15) is 27.2 Å². The van der Waals surface area contributed by atoms with Crippen LogP contribution < -0.4 is 16.4 Å². The van der Waals surface area contributed by atoms with Crippen LogP contribution in [0.25, 0.3) is 0 Å². The first-order chi connectivity index (χ1) is 7.28. The van der Waals surface area contributed by atoms with Gasteiger partial charge in [-0.05, 0) is 18.8 Å². The number of carbonyl (C=O) groups is 2. The number of hydrogen-bond donors (Lipinski definition) is 4. The number of urea groups is 1. The van der Waals surface area contributed by atoms with Gasteiger partial charge >= 0.3 is 6.03 Å². The Labute approximate surface area is 95.6 Å². The van der Waals surface area contributed by atoms with Crippen molar-refractivity contribution in [3.8, 4) is 0 Å². The van der Waals surface area contributed by atoms with Gasteiger partial charge in [0.05, 0.1) is 6.04 Å². The first-order valence-corrected chi connectivity index (χ1v) is 5.23. The lowest BCUT2D eigenvalue weighted by Gasteiger charge is -2.25. The largest absolute Gasteiger partial charge is 0.396 e. The Kier molecular flexibility index (Phi) is 5.98. The molecule has 0 aliphatic heterocycles. The quantitative estimate of drug-likeness (QED) is 0.497. The zero-order valence-electron chi connectivity index (χ0n) is 10.0. The average Bonchev–Trinajstić information content (AvgIpc) is 2.13. The van der Waals surface area contributed by atoms with Gasteiger partial charge in [-0.25, -0.2) is 4.79 Å². The zero-order valence-corrected chi connectivity index (χ0v) is 10.0. The Morgan fingerprint density at radius 3 is 2.44 bits per heavy atom. The van der Waals surface area contributed by atoms with Crippen LogP contribution >= 0.6 is 0 Å². The number of nitrogens with one attached hydrogen (secondary N) is 2. The summed E-state index contributed by atoms with van der Waals surface area (Å²) in [7, 11) is 0. The van der Waals surface area contributed by atoms with Crippen molar-refractivity contribution in [2.45, 2.75) is 33.2 Å². The number of carbonyl (C=O) groups excluding carboxylic acids is 2. The molecule has 6 nitrogen and oxygen atoms in total. The molecule has 0 bridgehead atoms. The smallest absolute Gasteiger partial charge is 0.318 e. The van der Waals surface area contributed by atoms with Gasteiger partial charge in [0.2, 0.25) is 5.91 Å². The molecule has 94 valence electrons. The van der Waals surface area contributed by atoms with E-state index in [1.807, 2.05) is 19.2 Å². The molecule has 0 aromatic carbocycles. The van der Waals surface area contributed by atoms with Gasteiger partial charge in [0.25, 0.3) is 0 Å². The fourth-order valence-corrected chi connectivity index (χ4v) is 1.14. The maximum Gasteiger partial charge on any atom is 0.318 e. The number of aliphatic hydroxyl groups excluding tert-OH is 1. The Morgan fingerprint density at radius 1 is 1.44 bits per heavy atom. The van der Waals surface area contributed by atoms with Crippen molar-refractivity contribution in [2.24, 2.45) is 11.1 Å². The van der Waals surface area contributed by atoms with Crippen molar-refractivity contribution in [1.82, 2.24) is 10.6 Å². The fourth-order valence-electron chi connectivity index (χ4n) is 1.14. The van der Waals surface area contributed by atoms with E-state index in [0.717, 1.165) is 0 Å². The maximum absolute atomic E-state index is 11.3. The van der Waals surface area contributed by atoms with Crippen LogP contribution in [0.2, 0.25) is 0 Å². The highest BCUT2D eigenvalue weighted by Gasteiger charge is 2.20. The van der Waals surface area contributed by atoms with Crippen molar-refractivity contribution in [1.29, 1.82) is 0 Å². The monoisotopic (exact) mass is 231 g/mol. The minimum Gasteiger partial charge on any atom is -0.396 e. The minimum absolute atomic E-state index is 0.101.